The highest BCUT2D eigenvalue weighted by Crippen LogP contribution is 1.75. The van der Waals surface area contributed by atoms with Crippen LogP contribution in [0.4, 0.5) is 0 Å². The number of rotatable bonds is 4. The van der Waals surface area contributed by atoms with Gasteiger partial charge in [0.15, 0.2) is 0 Å². The van der Waals surface area contributed by atoms with Crippen molar-refractivity contribution in [3.05, 3.63) is 12.7 Å². The smallest absolute Gasteiger partial charge is 0.322 e. The van der Waals surface area contributed by atoms with Crippen LogP contribution in [0.5, 0.6) is 0 Å². The maximum absolute atomic E-state index is 10.5. The van der Waals surface area contributed by atoms with Gasteiger partial charge in [0.05, 0.1) is 0 Å². The molecule has 11 heavy (non-hydrogen) atoms. The van der Waals surface area contributed by atoms with Gasteiger partial charge in [0.25, 0.3) is 0 Å². The summed E-state index contributed by atoms with van der Waals surface area (Å²) in [6, 6.07) is -1.06. The Hall–Kier alpha value is -1.36. The molecule has 0 unspecified atom stereocenters. The monoisotopic (exact) mass is 158 g/mol. The summed E-state index contributed by atoms with van der Waals surface area (Å²) in [5.41, 5.74) is 5.07. The van der Waals surface area contributed by atoms with Crippen LogP contribution in [0.1, 0.15) is 0 Å². The molecule has 0 aromatic heterocycles. The van der Waals surface area contributed by atoms with Gasteiger partial charge >= 0.3 is 5.97 Å². The first-order valence-corrected chi connectivity index (χ1v) is 2.96. The Morgan fingerprint density at radius 1 is 1.73 bits per heavy atom. The van der Waals surface area contributed by atoms with Crippen molar-refractivity contribution in [2.24, 2.45) is 5.73 Å². The van der Waals surface area contributed by atoms with Gasteiger partial charge in [-0.05, 0) is 6.08 Å². The van der Waals surface area contributed by atoms with Crippen LogP contribution in [0.2, 0.25) is 0 Å². The van der Waals surface area contributed by atoms with Gasteiger partial charge < -0.3 is 16.2 Å². The summed E-state index contributed by atoms with van der Waals surface area (Å²) in [4.78, 5) is 20.6. The van der Waals surface area contributed by atoms with Gasteiger partial charge in [-0.3, -0.25) is 9.59 Å². The molecule has 0 radical (unpaired) electrons. The Bertz CT molecular complexity index is 179. The van der Waals surface area contributed by atoms with Gasteiger partial charge in [-0.2, -0.15) is 0 Å². The van der Waals surface area contributed by atoms with Crippen LogP contribution in [0.15, 0.2) is 12.7 Å². The highest BCUT2D eigenvalue weighted by molar-refractivity contribution is 5.87. The third-order valence-corrected chi connectivity index (χ3v) is 0.999. The molecule has 0 saturated heterocycles. The van der Waals surface area contributed by atoms with E-state index in [4.69, 9.17) is 10.8 Å². The molecule has 0 bridgehead atoms. The maximum Gasteiger partial charge on any atom is 0.322 e. The van der Waals surface area contributed by atoms with Crippen molar-refractivity contribution in [3.8, 4) is 0 Å². The Kier molecular flexibility index (Phi) is 3.90. The maximum atomic E-state index is 10.5. The zero-order valence-electron chi connectivity index (χ0n) is 5.91. The van der Waals surface area contributed by atoms with Crippen LogP contribution < -0.4 is 11.1 Å². The molecule has 1 atom stereocenters. The summed E-state index contributed by atoms with van der Waals surface area (Å²) >= 11 is 0. The van der Waals surface area contributed by atoms with Crippen molar-refractivity contribution in [3.63, 3.8) is 0 Å². The minimum atomic E-state index is -1.14. The van der Waals surface area contributed by atoms with Gasteiger partial charge in [0.2, 0.25) is 5.91 Å². The number of amides is 1. The van der Waals surface area contributed by atoms with Crippen molar-refractivity contribution in [2.45, 2.75) is 6.04 Å². The Morgan fingerprint density at radius 3 is 2.64 bits per heavy atom. The molecule has 62 valence electrons. The number of carbonyl (C=O) groups is 2. The Balaban J connectivity index is 3.62. The normalized spacial score (nSPS) is 11.7. The molecule has 5 heteroatoms. The molecule has 0 saturated carbocycles. The standard InChI is InChI=1S/C6H10N2O3/c1-2-5(9)8-3-4(7)6(10)11/h2,4H,1,3,7H2,(H,8,9)(H,10,11)/t4-/m0/s1. The van der Waals surface area contributed by atoms with E-state index in [2.05, 4.69) is 11.9 Å². The van der Waals surface area contributed by atoms with E-state index in [0.717, 1.165) is 6.08 Å². The number of nitrogens with two attached hydrogens (primary N) is 1. The van der Waals surface area contributed by atoms with Crippen LogP contribution in [0, 0.1) is 0 Å². The van der Waals surface area contributed by atoms with Crippen LogP contribution >= 0.6 is 0 Å². The third-order valence-electron chi connectivity index (χ3n) is 0.999. The average Bonchev–Trinajstić information content (AvgIpc) is 1.99. The van der Waals surface area contributed by atoms with Crippen LogP contribution in [0.3, 0.4) is 0 Å². The van der Waals surface area contributed by atoms with Gasteiger partial charge in [-0.25, -0.2) is 0 Å². The van der Waals surface area contributed by atoms with Crippen molar-refractivity contribution >= 4 is 11.9 Å². The lowest BCUT2D eigenvalue weighted by Crippen LogP contribution is -2.41. The second-order valence-electron chi connectivity index (χ2n) is 1.89. The van der Waals surface area contributed by atoms with E-state index in [1.807, 2.05) is 0 Å². The predicted molar refractivity (Wildman–Crippen MR) is 38.8 cm³/mol. The lowest BCUT2D eigenvalue weighted by molar-refractivity contribution is -0.138. The predicted octanol–water partition coefficient (Wildman–Crippen LogP) is -1.30. The SMILES string of the molecule is C=CC(=O)NC[C@H](N)C(=O)O. The van der Waals surface area contributed by atoms with E-state index < -0.39 is 17.9 Å². The first-order chi connectivity index (χ1) is 5.07. The Labute approximate surface area is 63.9 Å². The quantitative estimate of drug-likeness (QED) is 0.443. The minimum absolute atomic E-state index is 0.0831. The molecule has 0 fully saturated rings. The molecule has 0 spiro atoms. The fourth-order valence-electron chi connectivity index (χ4n) is 0.370. The van der Waals surface area contributed by atoms with E-state index in [1.54, 1.807) is 0 Å². The number of carbonyl (C=O) groups excluding carboxylic acids is 1. The van der Waals surface area contributed by atoms with Crippen LogP contribution in [0.25, 0.3) is 0 Å². The summed E-state index contributed by atoms with van der Waals surface area (Å²) in [6.07, 6.45) is 1.05. The topological polar surface area (TPSA) is 92.4 Å². The second kappa shape index (κ2) is 4.45. The van der Waals surface area contributed by atoms with E-state index in [1.165, 1.54) is 0 Å². The molecular formula is C6H10N2O3. The number of hydrogen-bond donors (Lipinski definition) is 3. The van der Waals surface area contributed by atoms with Gasteiger partial charge in [-0.15, -0.1) is 0 Å². The van der Waals surface area contributed by atoms with Gasteiger partial charge in [0, 0.05) is 6.54 Å². The number of aliphatic carboxylic acids is 1. The lowest BCUT2D eigenvalue weighted by atomic mass is 10.3. The van der Waals surface area contributed by atoms with Crippen LogP contribution in [-0.4, -0.2) is 29.6 Å². The van der Waals surface area contributed by atoms with Gasteiger partial charge in [-0.1, -0.05) is 6.58 Å². The molecule has 0 aliphatic rings. The summed E-state index contributed by atoms with van der Waals surface area (Å²) in [7, 11) is 0. The number of hydrogen-bond acceptors (Lipinski definition) is 3. The van der Waals surface area contributed by atoms with E-state index in [9.17, 15) is 9.59 Å². The Morgan fingerprint density at radius 2 is 2.27 bits per heavy atom. The van der Waals surface area contributed by atoms with Gasteiger partial charge in [0.1, 0.15) is 6.04 Å². The van der Waals surface area contributed by atoms with E-state index in [-0.39, 0.29) is 6.54 Å². The number of nitrogens with one attached hydrogen (secondary N) is 1. The molecular weight excluding hydrogens is 148 g/mol. The third kappa shape index (κ3) is 4.10. The van der Waals surface area contributed by atoms with Crippen molar-refractivity contribution in [1.29, 1.82) is 0 Å². The molecule has 4 N–H and O–H groups in total. The molecule has 0 rings (SSSR count). The number of carboxylic acid groups (broad SMARTS) is 1. The molecule has 0 aliphatic carbocycles. The highest BCUT2D eigenvalue weighted by Gasteiger charge is 2.10. The van der Waals surface area contributed by atoms with E-state index in [0.29, 0.717) is 0 Å². The first kappa shape index (κ1) is 9.64. The highest BCUT2D eigenvalue weighted by atomic mass is 16.4. The van der Waals surface area contributed by atoms with Crippen molar-refractivity contribution < 1.29 is 14.7 Å². The fraction of sp³-hybridized carbons (Fsp3) is 0.333. The second-order valence-corrected chi connectivity index (χ2v) is 1.89. The zero-order chi connectivity index (χ0) is 8.85. The average molecular weight is 158 g/mol. The minimum Gasteiger partial charge on any atom is -0.480 e. The summed E-state index contributed by atoms with van der Waals surface area (Å²) in [5.74, 6) is -1.57. The largest absolute Gasteiger partial charge is 0.480 e. The summed E-state index contributed by atoms with van der Waals surface area (Å²) in [5, 5.41) is 10.5. The lowest BCUT2D eigenvalue weighted by Gasteiger charge is -2.05. The molecule has 0 aromatic rings. The molecule has 1 amide bonds. The molecule has 0 aliphatic heterocycles. The molecule has 5 nitrogen and oxygen atoms in total. The fourth-order valence-corrected chi connectivity index (χ4v) is 0.370. The zero-order valence-corrected chi connectivity index (χ0v) is 5.91. The van der Waals surface area contributed by atoms with Crippen molar-refractivity contribution in [1.82, 2.24) is 5.32 Å². The summed E-state index contributed by atoms with van der Waals surface area (Å²) in [6.45, 7) is 3.10. The van der Waals surface area contributed by atoms with Crippen molar-refractivity contribution in [2.75, 3.05) is 6.54 Å². The molecule has 0 heterocycles. The van der Waals surface area contributed by atoms with E-state index >= 15 is 0 Å². The van der Waals surface area contributed by atoms with Crippen LogP contribution in [-0.2, 0) is 9.59 Å². The molecule has 0 aromatic carbocycles. The number of carboxylic acids is 1. The summed E-state index contributed by atoms with van der Waals surface area (Å²) < 4.78 is 0. The first-order valence-electron chi connectivity index (χ1n) is 2.96.